The van der Waals surface area contributed by atoms with E-state index in [-0.39, 0.29) is 18.7 Å². The lowest BCUT2D eigenvalue weighted by Gasteiger charge is -2.33. The Bertz CT molecular complexity index is 1070. The summed E-state index contributed by atoms with van der Waals surface area (Å²) in [5.74, 6) is 1.45. The summed E-state index contributed by atoms with van der Waals surface area (Å²) in [7, 11) is 0. The molecule has 0 aliphatic carbocycles. The molecule has 0 spiro atoms. The third-order valence-corrected chi connectivity index (χ3v) is 5.62. The van der Waals surface area contributed by atoms with Crippen LogP contribution in [0, 0.1) is 13.8 Å². The van der Waals surface area contributed by atoms with Gasteiger partial charge in [0.05, 0.1) is 24.8 Å². The van der Waals surface area contributed by atoms with Crippen molar-refractivity contribution in [2.24, 2.45) is 0 Å². The number of carbonyl (C=O) groups excluding carboxylic acids is 1. The van der Waals surface area contributed by atoms with E-state index < -0.39 is 0 Å². The molecule has 1 aliphatic heterocycles. The summed E-state index contributed by atoms with van der Waals surface area (Å²) in [4.78, 5) is 14.5. The number of carbonyl (C=O) groups is 1. The number of furan rings is 1. The number of ether oxygens (including phenoxy) is 1. The standard InChI is InChI=1S/C22H26ClN5O4/c1-14-7-16(3-4-20(14)23)11-28-5-6-30-19(12-28)10-25-22(29)24-9-18-8-17(13-31-18)21-27-26-15(2)32-21/h3-4,7-8,13,19H,5-6,9-12H2,1-2H3,(H2,24,25,29)/t19-/m0/s1. The van der Waals surface area contributed by atoms with Gasteiger partial charge in [-0.1, -0.05) is 23.7 Å². The number of urea groups is 1. The first-order valence-corrected chi connectivity index (χ1v) is 10.8. The number of hydrogen-bond donors (Lipinski definition) is 2. The predicted octanol–water partition coefficient (Wildman–Crippen LogP) is 3.30. The van der Waals surface area contributed by atoms with Crippen LogP contribution >= 0.6 is 11.6 Å². The van der Waals surface area contributed by atoms with Crippen molar-refractivity contribution < 1.29 is 18.4 Å². The van der Waals surface area contributed by atoms with Crippen LogP contribution in [0.3, 0.4) is 0 Å². The largest absolute Gasteiger partial charge is 0.467 e. The second-order valence-electron chi connectivity index (χ2n) is 7.80. The first-order chi connectivity index (χ1) is 15.5. The van der Waals surface area contributed by atoms with Gasteiger partial charge in [0.25, 0.3) is 5.89 Å². The molecule has 1 fully saturated rings. The molecule has 0 bridgehead atoms. The van der Waals surface area contributed by atoms with E-state index in [1.807, 2.05) is 19.1 Å². The monoisotopic (exact) mass is 459 g/mol. The SMILES string of the molecule is Cc1nnc(-c2coc(CNC(=O)NC[C@H]3CN(Cc4ccc(Cl)c(C)c4)CCO3)c2)o1. The number of benzene rings is 1. The van der Waals surface area contributed by atoms with E-state index in [1.165, 1.54) is 11.8 Å². The fourth-order valence-electron chi connectivity index (χ4n) is 3.55. The van der Waals surface area contributed by atoms with Crippen molar-refractivity contribution in [2.75, 3.05) is 26.2 Å². The zero-order valence-electron chi connectivity index (χ0n) is 18.1. The van der Waals surface area contributed by atoms with E-state index in [0.717, 1.165) is 30.2 Å². The van der Waals surface area contributed by atoms with Gasteiger partial charge in [0.1, 0.15) is 12.0 Å². The second-order valence-corrected chi connectivity index (χ2v) is 8.21. The van der Waals surface area contributed by atoms with Crippen LogP contribution < -0.4 is 10.6 Å². The van der Waals surface area contributed by atoms with Gasteiger partial charge in [-0.25, -0.2) is 4.79 Å². The zero-order valence-corrected chi connectivity index (χ0v) is 18.8. The van der Waals surface area contributed by atoms with Crippen molar-refractivity contribution >= 4 is 17.6 Å². The van der Waals surface area contributed by atoms with Crippen molar-refractivity contribution in [1.29, 1.82) is 0 Å². The minimum absolute atomic E-state index is 0.0705. The molecule has 2 aromatic heterocycles. The van der Waals surface area contributed by atoms with E-state index in [4.69, 9.17) is 25.2 Å². The molecule has 0 radical (unpaired) electrons. The average molecular weight is 460 g/mol. The molecule has 9 nitrogen and oxygen atoms in total. The molecule has 1 atom stereocenters. The number of hydrogen-bond acceptors (Lipinski definition) is 7. The summed E-state index contributed by atoms with van der Waals surface area (Å²) >= 11 is 6.12. The Labute approximate surface area is 191 Å². The van der Waals surface area contributed by atoms with Gasteiger partial charge in [-0.3, -0.25) is 4.90 Å². The lowest BCUT2D eigenvalue weighted by atomic mass is 10.1. The highest BCUT2D eigenvalue weighted by Gasteiger charge is 2.21. The molecule has 1 aromatic carbocycles. The fraction of sp³-hybridized carbons (Fsp3) is 0.409. The van der Waals surface area contributed by atoms with E-state index in [9.17, 15) is 4.79 Å². The third kappa shape index (κ3) is 5.87. The van der Waals surface area contributed by atoms with E-state index in [2.05, 4.69) is 31.8 Å². The Morgan fingerprint density at radius 2 is 2.12 bits per heavy atom. The molecule has 2 amide bonds. The summed E-state index contributed by atoms with van der Waals surface area (Å²) in [6.07, 6.45) is 1.45. The van der Waals surface area contributed by atoms with Crippen molar-refractivity contribution in [3.8, 4) is 11.5 Å². The number of aromatic nitrogens is 2. The lowest BCUT2D eigenvalue weighted by Crippen LogP contribution is -2.48. The van der Waals surface area contributed by atoms with Gasteiger partial charge in [-0.15, -0.1) is 10.2 Å². The summed E-state index contributed by atoms with van der Waals surface area (Å²) in [6, 6.07) is 7.56. The molecule has 0 unspecified atom stereocenters. The van der Waals surface area contributed by atoms with Crippen LogP contribution in [0.15, 0.2) is 39.4 Å². The molecule has 4 rings (SSSR count). The van der Waals surface area contributed by atoms with Crippen LogP contribution in [0.1, 0.15) is 22.8 Å². The van der Waals surface area contributed by atoms with Gasteiger partial charge >= 0.3 is 6.03 Å². The van der Waals surface area contributed by atoms with Crippen LogP contribution in [0.25, 0.3) is 11.5 Å². The number of aryl methyl sites for hydroxylation is 2. The highest BCUT2D eigenvalue weighted by atomic mass is 35.5. The van der Waals surface area contributed by atoms with Gasteiger partial charge in [0.2, 0.25) is 5.89 Å². The van der Waals surface area contributed by atoms with Crippen LogP contribution in [0.2, 0.25) is 5.02 Å². The van der Waals surface area contributed by atoms with Crippen LogP contribution in [0.4, 0.5) is 4.79 Å². The second kappa shape index (κ2) is 10.2. The third-order valence-electron chi connectivity index (χ3n) is 5.19. The highest BCUT2D eigenvalue weighted by molar-refractivity contribution is 6.31. The molecule has 1 aliphatic rings. The molecule has 0 saturated carbocycles. The maximum atomic E-state index is 12.2. The van der Waals surface area contributed by atoms with Crippen molar-refractivity contribution in [3.63, 3.8) is 0 Å². The van der Waals surface area contributed by atoms with E-state index in [1.54, 1.807) is 13.0 Å². The summed E-state index contributed by atoms with van der Waals surface area (Å²) in [5, 5.41) is 14.2. The molecule has 3 aromatic rings. The number of halogens is 1. The van der Waals surface area contributed by atoms with Gasteiger partial charge in [-0.2, -0.15) is 0 Å². The van der Waals surface area contributed by atoms with Crippen molar-refractivity contribution in [1.82, 2.24) is 25.7 Å². The normalized spacial score (nSPS) is 16.8. The summed E-state index contributed by atoms with van der Waals surface area (Å²) in [6.45, 7) is 7.44. The lowest BCUT2D eigenvalue weighted by molar-refractivity contribution is -0.0287. The fourth-order valence-corrected chi connectivity index (χ4v) is 3.66. The molecule has 2 N–H and O–H groups in total. The smallest absolute Gasteiger partial charge is 0.315 e. The molecular formula is C22H26ClN5O4. The average Bonchev–Trinajstić information content (AvgIpc) is 3.42. The Hall–Kier alpha value is -2.88. The predicted molar refractivity (Wildman–Crippen MR) is 118 cm³/mol. The molecule has 1 saturated heterocycles. The number of rotatable bonds is 7. The first kappa shape index (κ1) is 22.3. The maximum Gasteiger partial charge on any atom is 0.315 e. The van der Waals surface area contributed by atoms with Crippen molar-refractivity contribution in [3.05, 3.63) is 58.3 Å². The van der Waals surface area contributed by atoms with Crippen molar-refractivity contribution in [2.45, 2.75) is 33.0 Å². The Morgan fingerprint density at radius 3 is 2.91 bits per heavy atom. The Morgan fingerprint density at radius 1 is 1.25 bits per heavy atom. The van der Waals surface area contributed by atoms with Gasteiger partial charge in [-0.05, 0) is 30.2 Å². The highest BCUT2D eigenvalue weighted by Crippen LogP contribution is 2.21. The molecule has 3 heterocycles. The number of morpholine rings is 1. The molecule has 170 valence electrons. The maximum absolute atomic E-state index is 12.2. The van der Waals surface area contributed by atoms with Crippen LogP contribution in [-0.2, 0) is 17.8 Å². The first-order valence-electron chi connectivity index (χ1n) is 10.4. The van der Waals surface area contributed by atoms with E-state index >= 15 is 0 Å². The molecule has 10 heteroatoms. The van der Waals surface area contributed by atoms with Gasteiger partial charge in [0.15, 0.2) is 0 Å². The van der Waals surface area contributed by atoms with Gasteiger partial charge < -0.3 is 24.2 Å². The summed E-state index contributed by atoms with van der Waals surface area (Å²) in [5.41, 5.74) is 2.96. The number of nitrogens with one attached hydrogen (secondary N) is 2. The topological polar surface area (TPSA) is 106 Å². The van der Waals surface area contributed by atoms with E-state index in [0.29, 0.717) is 36.3 Å². The quantitative estimate of drug-likeness (QED) is 0.558. The van der Waals surface area contributed by atoms with Crippen LogP contribution in [0.5, 0.6) is 0 Å². The number of nitrogens with zero attached hydrogens (tertiary/aromatic N) is 3. The Kier molecular flexibility index (Phi) is 7.09. The van der Waals surface area contributed by atoms with Gasteiger partial charge in [0, 0.05) is 38.1 Å². The summed E-state index contributed by atoms with van der Waals surface area (Å²) < 4.78 is 16.6. The van der Waals surface area contributed by atoms with Crippen LogP contribution in [-0.4, -0.2) is 53.5 Å². The molecule has 32 heavy (non-hydrogen) atoms. The zero-order chi connectivity index (χ0) is 22.5. The Balaban J connectivity index is 1.20. The molecular weight excluding hydrogens is 434 g/mol. The number of amides is 2. The minimum Gasteiger partial charge on any atom is -0.467 e. The minimum atomic E-state index is -0.286.